The van der Waals surface area contributed by atoms with Gasteiger partial charge in [-0.2, -0.15) is 0 Å². The molecule has 2 nitrogen and oxygen atoms in total. The van der Waals surface area contributed by atoms with Crippen molar-refractivity contribution in [2.24, 2.45) is 0 Å². The Hall–Kier alpha value is -1.02. The van der Waals surface area contributed by atoms with Crippen molar-refractivity contribution in [3.05, 3.63) is 29.3 Å². The molecule has 1 aromatic rings. The summed E-state index contributed by atoms with van der Waals surface area (Å²) in [4.78, 5) is 0. The van der Waals surface area contributed by atoms with Crippen molar-refractivity contribution in [1.82, 2.24) is 0 Å². The number of rotatable bonds is 0. The number of nitrogen functional groups attached to an aromatic ring is 1. The third kappa shape index (κ3) is 1.54. The molecule has 0 saturated heterocycles. The minimum absolute atomic E-state index is 0.970. The molecule has 0 atom stereocenters. The first-order valence-corrected chi connectivity index (χ1v) is 4.77. The molecule has 0 unspecified atom stereocenters. The fourth-order valence-corrected chi connectivity index (χ4v) is 2.06. The van der Waals surface area contributed by atoms with Crippen molar-refractivity contribution >= 4 is 5.69 Å². The lowest BCUT2D eigenvalue weighted by molar-refractivity contribution is -0.905. The third-order valence-electron chi connectivity index (χ3n) is 2.87. The predicted molar refractivity (Wildman–Crippen MR) is 55.2 cm³/mol. The van der Waals surface area contributed by atoms with Gasteiger partial charge in [-0.1, -0.05) is 12.1 Å². The Labute approximate surface area is 79.6 Å². The van der Waals surface area contributed by atoms with Gasteiger partial charge in [-0.15, -0.1) is 0 Å². The van der Waals surface area contributed by atoms with E-state index in [2.05, 4.69) is 26.2 Å². The summed E-state index contributed by atoms with van der Waals surface area (Å²) in [5, 5.41) is 0. The van der Waals surface area contributed by atoms with Gasteiger partial charge in [0, 0.05) is 17.7 Å². The molecule has 2 rings (SSSR count). The van der Waals surface area contributed by atoms with Crippen LogP contribution < -0.4 is 5.73 Å². The number of nitrogens with two attached hydrogens (primary N) is 1. The average Bonchev–Trinajstić information content (AvgIpc) is 2.02. The Bertz CT molecular complexity index is 329. The quantitative estimate of drug-likeness (QED) is 0.470. The van der Waals surface area contributed by atoms with E-state index in [4.69, 9.17) is 5.73 Å². The van der Waals surface area contributed by atoms with Gasteiger partial charge in [0.1, 0.15) is 6.54 Å². The molecule has 0 saturated carbocycles. The number of nitrogens with zero attached hydrogens (tertiary/aromatic N) is 1. The summed E-state index contributed by atoms with van der Waals surface area (Å²) in [6.45, 7) is 2.31. The summed E-state index contributed by atoms with van der Waals surface area (Å²) in [6, 6.07) is 6.26. The summed E-state index contributed by atoms with van der Waals surface area (Å²) < 4.78 is 1.08. The van der Waals surface area contributed by atoms with E-state index in [0.29, 0.717) is 0 Å². The minimum Gasteiger partial charge on any atom is -0.398 e. The van der Waals surface area contributed by atoms with E-state index in [1.54, 1.807) is 0 Å². The van der Waals surface area contributed by atoms with E-state index in [9.17, 15) is 0 Å². The maximum atomic E-state index is 5.92. The van der Waals surface area contributed by atoms with Crippen LogP contribution in [0.4, 0.5) is 5.69 Å². The highest BCUT2D eigenvalue weighted by Gasteiger charge is 2.24. The lowest BCUT2D eigenvalue weighted by Crippen LogP contribution is -2.43. The van der Waals surface area contributed by atoms with Gasteiger partial charge < -0.3 is 10.2 Å². The normalized spacial score (nSPS) is 19.5. The Morgan fingerprint density at radius 3 is 2.85 bits per heavy atom. The van der Waals surface area contributed by atoms with E-state index in [-0.39, 0.29) is 0 Å². The smallest absolute Gasteiger partial charge is 0.104 e. The number of fused-ring (bicyclic) bond motifs is 1. The second-order valence-corrected chi connectivity index (χ2v) is 4.55. The zero-order valence-electron chi connectivity index (χ0n) is 8.38. The van der Waals surface area contributed by atoms with Crippen molar-refractivity contribution in [1.29, 1.82) is 0 Å². The zero-order chi connectivity index (χ0) is 9.47. The van der Waals surface area contributed by atoms with Crippen molar-refractivity contribution in [3.63, 3.8) is 0 Å². The molecule has 2 heteroatoms. The number of quaternary nitrogens is 1. The van der Waals surface area contributed by atoms with Crippen LogP contribution in [0.3, 0.4) is 0 Å². The fraction of sp³-hybridized carbons (Fsp3) is 0.455. The molecule has 0 fully saturated rings. The molecule has 1 aliphatic heterocycles. The van der Waals surface area contributed by atoms with Crippen molar-refractivity contribution in [3.8, 4) is 0 Å². The molecule has 70 valence electrons. The van der Waals surface area contributed by atoms with Crippen LogP contribution >= 0.6 is 0 Å². The number of hydrogen-bond donors (Lipinski definition) is 1. The summed E-state index contributed by atoms with van der Waals surface area (Å²) in [5.41, 5.74) is 9.69. The van der Waals surface area contributed by atoms with Crippen LogP contribution in [0.5, 0.6) is 0 Å². The van der Waals surface area contributed by atoms with Gasteiger partial charge in [0.2, 0.25) is 0 Å². The monoisotopic (exact) mass is 177 g/mol. The number of hydrogen-bond acceptors (Lipinski definition) is 1. The van der Waals surface area contributed by atoms with Gasteiger partial charge in [-0.05, 0) is 11.6 Å². The Morgan fingerprint density at radius 1 is 1.31 bits per heavy atom. The van der Waals surface area contributed by atoms with Gasteiger partial charge in [-0.25, -0.2) is 0 Å². The topological polar surface area (TPSA) is 26.0 Å². The lowest BCUT2D eigenvalue weighted by atomic mass is 9.97. The Balaban J connectivity index is 2.42. The molecular weight excluding hydrogens is 160 g/mol. The molecule has 1 heterocycles. The van der Waals surface area contributed by atoms with E-state index in [1.165, 1.54) is 17.7 Å². The summed E-state index contributed by atoms with van der Waals surface area (Å²) in [5.74, 6) is 0. The number of benzene rings is 1. The predicted octanol–water partition coefficient (Wildman–Crippen LogP) is 1.40. The van der Waals surface area contributed by atoms with Crippen LogP contribution in [0.15, 0.2) is 18.2 Å². The summed E-state index contributed by atoms with van der Waals surface area (Å²) in [6.07, 6.45) is 1.12. The Kier molecular flexibility index (Phi) is 1.81. The van der Waals surface area contributed by atoms with Crippen LogP contribution in [0.25, 0.3) is 0 Å². The zero-order valence-corrected chi connectivity index (χ0v) is 8.38. The molecule has 0 aliphatic carbocycles. The second-order valence-electron chi connectivity index (χ2n) is 4.55. The minimum atomic E-state index is 0.970. The van der Waals surface area contributed by atoms with E-state index in [1.807, 2.05) is 6.07 Å². The van der Waals surface area contributed by atoms with Crippen LogP contribution in [0.1, 0.15) is 11.1 Å². The maximum absolute atomic E-state index is 5.92. The third-order valence-corrected chi connectivity index (χ3v) is 2.87. The largest absolute Gasteiger partial charge is 0.398 e. The van der Waals surface area contributed by atoms with Crippen LogP contribution in [0.2, 0.25) is 0 Å². The highest BCUT2D eigenvalue weighted by Crippen LogP contribution is 2.25. The van der Waals surface area contributed by atoms with Crippen LogP contribution in [-0.4, -0.2) is 25.1 Å². The van der Waals surface area contributed by atoms with E-state index in [0.717, 1.165) is 23.1 Å². The maximum Gasteiger partial charge on any atom is 0.104 e. The molecule has 1 aliphatic rings. The molecule has 2 N–H and O–H groups in total. The summed E-state index contributed by atoms with van der Waals surface area (Å²) in [7, 11) is 4.54. The average molecular weight is 177 g/mol. The van der Waals surface area contributed by atoms with Crippen LogP contribution in [-0.2, 0) is 13.0 Å². The van der Waals surface area contributed by atoms with Crippen LogP contribution in [0, 0.1) is 0 Å². The Morgan fingerprint density at radius 2 is 2.08 bits per heavy atom. The highest BCUT2D eigenvalue weighted by molar-refractivity contribution is 5.51. The first-order valence-electron chi connectivity index (χ1n) is 4.77. The van der Waals surface area contributed by atoms with E-state index >= 15 is 0 Å². The van der Waals surface area contributed by atoms with Gasteiger partial charge in [0.25, 0.3) is 0 Å². The van der Waals surface area contributed by atoms with E-state index < -0.39 is 0 Å². The standard InChI is InChI=1S/C11H17N2/c1-13(2)7-6-10-9(8-13)4-3-5-11(10)12/h3-5H,6-8,12H2,1-2H3/q+1. The van der Waals surface area contributed by atoms with Gasteiger partial charge in [0.15, 0.2) is 0 Å². The molecule has 0 amide bonds. The SMILES string of the molecule is C[N+]1(C)CCc2c(N)cccc2C1. The lowest BCUT2D eigenvalue weighted by Gasteiger charge is -2.35. The first-order chi connectivity index (χ1) is 6.08. The fourth-order valence-electron chi connectivity index (χ4n) is 2.06. The molecule has 0 spiro atoms. The molecule has 0 radical (unpaired) electrons. The summed E-state index contributed by atoms with van der Waals surface area (Å²) >= 11 is 0. The van der Waals surface area contributed by atoms with Gasteiger partial charge in [-0.3, -0.25) is 0 Å². The van der Waals surface area contributed by atoms with Crippen molar-refractivity contribution < 1.29 is 4.48 Å². The number of likely N-dealkylation sites (N-methyl/N-ethyl adjacent to an activating group) is 1. The molecular formula is C11H17N2+. The van der Waals surface area contributed by atoms with Gasteiger partial charge >= 0.3 is 0 Å². The van der Waals surface area contributed by atoms with Crippen molar-refractivity contribution in [2.75, 3.05) is 26.4 Å². The highest BCUT2D eigenvalue weighted by atomic mass is 15.3. The molecule has 0 aromatic heterocycles. The first kappa shape index (κ1) is 8.57. The molecule has 0 bridgehead atoms. The van der Waals surface area contributed by atoms with Gasteiger partial charge in [0.05, 0.1) is 20.6 Å². The second kappa shape index (κ2) is 2.74. The molecule has 1 aromatic carbocycles. The molecule has 13 heavy (non-hydrogen) atoms. The van der Waals surface area contributed by atoms with Crippen molar-refractivity contribution in [2.45, 2.75) is 13.0 Å². The number of anilines is 1.